The SMILES string of the molecule is CC1CN(C)CCC1n1c(=S)[nH]c2c(Cl)cccc21. The molecule has 1 fully saturated rings. The van der Waals surface area contributed by atoms with E-state index in [9.17, 15) is 0 Å². The molecule has 19 heavy (non-hydrogen) atoms. The van der Waals surface area contributed by atoms with Crippen LogP contribution in [-0.2, 0) is 0 Å². The fraction of sp³-hybridized carbons (Fsp3) is 0.500. The molecule has 2 aromatic rings. The first-order chi connectivity index (χ1) is 9.08. The molecule has 1 aliphatic heterocycles. The molecule has 2 unspecified atom stereocenters. The number of rotatable bonds is 1. The van der Waals surface area contributed by atoms with Gasteiger partial charge in [0.25, 0.3) is 0 Å². The van der Waals surface area contributed by atoms with Gasteiger partial charge >= 0.3 is 0 Å². The Bertz CT molecular complexity index is 660. The van der Waals surface area contributed by atoms with E-state index in [1.807, 2.05) is 12.1 Å². The van der Waals surface area contributed by atoms with Crippen LogP contribution >= 0.6 is 23.8 Å². The quantitative estimate of drug-likeness (QED) is 0.808. The molecule has 5 heteroatoms. The number of piperidine rings is 1. The summed E-state index contributed by atoms with van der Waals surface area (Å²) in [4.78, 5) is 5.64. The van der Waals surface area contributed by atoms with Crippen molar-refractivity contribution >= 4 is 34.9 Å². The van der Waals surface area contributed by atoms with Gasteiger partial charge in [0.2, 0.25) is 0 Å². The summed E-state index contributed by atoms with van der Waals surface area (Å²) in [5.74, 6) is 0.587. The van der Waals surface area contributed by atoms with Crippen LogP contribution in [-0.4, -0.2) is 34.6 Å². The van der Waals surface area contributed by atoms with Gasteiger partial charge in [0, 0.05) is 12.6 Å². The minimum Gasteiger partial charge on any atom is -0.329 e. The first kappa shape index (κ1) is 13.2. The highest BCUT2D eigenvalue weighted by Crippen LogP contribution is 2.32. The highest BCUT2D eigenvalue weighted by molar-refractivity contribution is 7.71. The molecule has 0 bridgehead atoms. The lowest BCUT2D eigenvalue weighted by Crippen LogP contribution is -2.37. The summed E-state index contributed by atoms with van der Waals surface area (Å²) in [5, 5.41) is 0.739. The number of benzene rings is 1. The molecule has 0 radical (unpaired) electrons. The molecular formula is C14H18ClN3S. The number of aromatic nitrogens is 2. The first-order valence-corrected chi connectivity index (χ1v) is 7.44. The topological polar surface area (TPSA) is 24.0 Å². The van der Waals surface area contributed by atoms with Crippen molar-refractivity contribution in [1.82, 2.24) is 14.5 Å². The van der Waals surface area contributed by atoms with Crippen LogP contribution in [0.15, 0.2) is 18.2 Å². The van der Waals surface area contributed by atoms with E-state index in [0.717, 1.165) is 40.3 Å². The molecule has 1 N–H and O–H groups in total. The highest BCUT2D eigenvalue weighted by Gasteiger charge is 2.27. The van der Waals surface area contributed by atoms with Gasteiger partial charge in [0.15, 0.2) is 4.77 Å². The van der Waals surface area contributed by atoms with Crippen LogP contribution < -0.4 is 0 Å². The van der Waals surface area contributed by atoms with Gasteiger partial charge in [-0.2, -0.15) is 0 Å². The predicted octanol–water partition coefficient (Wildman–Crippen LogP) is 3.86. The predicted molar refractivity (Wildman–Crippen MR) is 82.4 cm³/mol. The molecule has 3 nitrogen and oxygen atoms in total. The molecule has 1 aromatic carbocycles. The second-order valence-corrected chi connectivity index (χ2v) is 6.32. The number of nitrogens with zero attached hydrogens (tertiary/aromatic N) is 2. The van der Waals surface area contributed by atoms with E-state index < -0.39 is 0 Å². The molecule has 0 saturated carbocycles. The fourth-order valence-corrected chi connectivity index (χ4v) is 3.72. The van der Waals surface area contributed by atoms with E-state index in [-0.39, 0.29) is 0 Å². The second kappa shape index (κ2) is 4.93. The van der Waals surface area contributed by atoms with E-state index in [1.165, 1.54) is 0 Å². The Morgan fingerprint density at radius 2 is 2.21 bits per heavy atom. The molecule has 1 aromatic heterocycles. The van der Waals surface area contributed by atoms with E-state index in [1.54, 1.807) is 0 Å². The summed E-state index contributed by atoms with van der Waals surface area (Å²) in [7, 11) is 2.18. The summed E-state index contributed by atoms with van der Waals surface area (Å²) >= 11 is 11.8. The number of halogens is 1. The van der Waals surface area contributed by atoms with Gasteiger partial charge in [-0.1, -0.05) is 24.6 Å². The maximum atomic E-state index is 6.24. The third kappa shape index (κ3) is 2.22. The maximum absolute atomic E-state index is 6.24. The van der Waals surface area contributed by atoms with Crippen molar-refractivity contribution < 1.29 is 0 Å². The number of hydrogen-bond donors (Lipinski definition) is 1. The number of nitrogens with one attached hydrogen (secondary N) is 1. The Morgan fingerprint density at radius 3 is 2.95 bits per heavy atom. The first-order valence-electron chi connectivity index (χ1n) is 6.65. The summed E-state index contributed by atoms with van der Waals surface area (Å²) in [6, 6.07) is 6.44. The Kier molecular flexibility index (Phi) is 3.41. The molecule has 1 aliphatic rings. The van der Waals surface area contributed by atoms with Crippen LogP contribution in [0.4, 0.5) is 0 Å². The van der Waals surface area contributed by atoms with Gasteiger partial charge in [-0.05, 0) is 50.3 Å². The second-order valence-electron chi connectivity index (χ2n) is 5.53. The zero-order chi connectivity index (χ0) is 13.6. The zero-order valence-corrected chi connectivity index (χ0v) is 12.8. The van der Waals surface area contributed by atoms with Crippen molar-refractivity contribution in [2.24, 2.45) is 5.92 Å². The van der Waals surface area contributed by atoms with Crippen molar-refractivity contribution in [3.63, 3.8) is 0 Å². The van der Waals surface area contributed by atoms with E-state index in [0.29, 0.717) is 12.0 Å². The smallest absolute Gasteiger partial charge is 0.178 e. The van der Waals surface area contributed by atoms with Crippen molar-refractivity contribution in [3.8, 4) is 0 Å². The third-order valence-electron chi connectivity index (χ3n) is 4.10. The van der Waals surface area contributed by atoms with Gasteiger partial charge in [-0.3, -0.25) is 0 Å². The van der Waals surface area contributed by atoms with Gasteiger partial charge in [-0.15, -0.1) is 0 Å². The number of H-pyrrole nitrogens is 1. The molecule has 3 rings (SSSR count). The molecule has 0 amide bonds. The van der Waals surface area contributed by atoms with Crippen molar-refractivity contribution in [2.45, 2.75) is 19.4 Å². The van der Waals surface area contributed by atoms with E-state index in [4.69, 9.17) is 23.8 Å². The van der Waals surface area contributed by atoms with Gasteiger partial charge in [0.1, 0.15) is 0 Å². The molecule has 0 aliphatic carbocycles. The Balaban J connectivity index is 2.12. The Hall–Kier alpha value is -0.840. The molecule has 0 spiro atoms. The lowest BCUT2D eigenvalue weighted by molar-refractivity contribution is 0.160. The standard InChI is InChI=1S/C14H18ClN3S/c1-9-8-17(2)7-6-11(9)18-12-5-3-4-10(15)13(12)16-14(18)19/h3-5,9,11H,6-8H2,1-2H3,(H,16,19). The van der Waals surface area contributed by atoms with E-state index >= 15 is 0 Å². The van der Waals surface area contributed by atoms with Crippen LogP contribution in [0.5, 0.6) is 0 Å². The molecule has 102 valence electrons. The number of aromatic amines is 1. The summed E-state index contributed by atoms with van der Waals surface area (Å²) in [6.45, 7) is 4.52. The van der Waals surface area contributed by atoms with Crippen LogP contribution in [0.2, 0.25) is 5.02 Å². The average Bonchev–Trinajstić information content (AvgIpc) is 2.68. The lowest BCUT2D eigenvalue weighted by Gasteiger charge is -2.35. The number of fused-ring (bicyclic) bond motifs is 1. The fourth-order valence-electron chi connectivity index (χ4n) is 3.17. The summed E-state index contributed by atoms with van der Waals surface area (Å²) < 4.78 is 3.04. The number of hydrogen-bond acceptors (Lipinski definition) is 2. The number of imidazole rings is 1. The minimum atomic E-state index is 0.455. The molecule has 2 heterocycles. The van der Waals surface area contributed by atoms with Crippen molar-refractivity contribution in [1.29, 1.82) is 0 Å². The third-order valence-corrected chi connectivity index (χ3v) is 4.71. The molecule has 2 atom stereocenters. The lowest BCUT2D eigenvalue weighted by atomic mass is 9.94. The highest BCUT2D eigenvalue weighted by atomic mass is 35.5. The zero-order valence-electron chi connectivity index (χ0n) is 11.2. The number of likely N-dealkylation sites (tertiary alicyclic amines) is 1. The average molecular weight is 296 g/mol. The minimum absolute atomic E-state index is 0.455. The molecular weight excluding hydrogens is 278 g/mol. The maximum Gasteiger partial charge on any atom is 0.178 e. The largest absolute Gasteiger partial charge is 0.329 e. The normalized spacial score (nSPS) is 25.0. The monoisotopic (exact) mass is 295 g/mol. The molecule has 1 saturated heterocycles. The Morgan fingerprint density at radius 1 is 1.42 bits per heavy atom. The Labute approximate surface area is 123 Å². The van der Waals surface area contributed by atoms with Crippen molar-refractivity contribution in [2.75, 3.05) is 20.1 Å². The van der Waals surface area contributed by atoms with Gasteiger partial charge < -0.3 is 14.5 Å². The van der Waals surface area contributed by atoms with Gasteiger partial charge in [0.05, 0.1) is 16.1 Å². The van der Waals surface area contributed by atoms with Crippen LogP contribution in [0.1, 0.15) is 19.4 Å². The van der Waals surface area contributed by atoms with Crippen LogP contribution in [0.3, 0.4) is 0 Å². The number of para-hydroxylation sites is 1. The van der Waals surface area contributed by atoms with Crippen LogP contribution in [0.25, 0.3) is 11.0 Å². The van der Waals surface area contributed by atoms with E-state index in [2.05, 4.69) is 34.5 Å². The van der Waals surface area contributed by atoms with Crippen molar-refractivity contribution in [3.05, 3.63) is 28.0 Å². The summed E-state index contributed by atoms with van der Waals surface area (Å²) in [6.07, 6.45) is 1.13. The summed E-state index contributed by atoms with van der Waals surface area (Å²) in [5.41, 5.74) is 2.08. The van der Waals surface area contributed by atoms with Gasteiger partial charge in [-0.25, -0.2) is 0 Å². The van der Waals surface area contributed by atoms with Crippen LogP contribution in [0, 0.1) is 10.7 Å².